The van der Waals surface area contributed by atoms with Gasteiger partial charge in [0.2, 0.25) is 0 Å². The number of hydrogen-bond acceptors (Lipinski definition) is 4. The van der Waals surface area contributed by atoms with Crippen LogP contribution in [0.5, 0.6) is 0 Å². The van der Waals surface area contributed by atoms with Crippen molar-refractivity contribution in [2.45, 2.75) is 50.3 Å². The summed E-state index contributed by atoms with van der Waals surface area (Å²) >= 11 is 0. The zero-order valence-corrected chi connectivity index (χ0v) is 11.9. The maximum absolute atomic E-state index is 12.0. The summed E-state index contributed by atoms with van der Waals surface area (Å²) in [5, 5.41) is 13.5. The lowest BCUT2D eigenvalue weighted by molar-refractivity contribution is -0.143. The minimum Gasteiger partial charge on any atom is -0.468 e. The molecule has 110 valence electrons. The molecule has 0 spiro atoms. The average molecular weight is 277 g/mol. The van der Waals surface area contributed by atoms with Crippen molar-refractivity contribution in [3.63, 3.8) is 0 Å². The lowest BCUT2D eigenvalue weighted by Crippen LogP contribution is -2.44. The largest absolute Gasteiger partial charge is 0.468 e. The van der Waals surface area contributed by atoms with Gasteiger partial charge in [0.05, 0.1) is 13.2 Å². The molecule has 0 aliphatic heterocycles. The quantitative estimate of drug-likeness (QED) is 0.654. The number of methoxy groups -OCH3 is 1. The van der Waals surface area contributed by atoms with Crippen molar-refractivity contribution in [3.05, 3.63) is 35.9 Å². The van der Waals surface area contributed by atoms with Crippen LogP contribution in [0.25, 0.3) is 0 Å². The van der Waals surface area contributed by atoms with Gasteiger partial charge in [-0.3, -0.25) is 5.32 Å². The second-order valence-electron chi connectivity index (χ2n) is 5.35. The standard InChI is InChI=1S/C16H23NO3/c1-20-16(19)15(12-8-4-2-5-9-12)17-13-10-6-3-7-11-14(13)18/h2,4-5,8-9,13-15,17-18H,3,6-7,10-11H2,1H3. The number of aliphatic hydroxyl groups is 1. The molecular weight excluding hydrogens is 254 g/mol. The maximum Gasteiger partial charge on any atom is 0.327 e. The molecule has 3 atom stereocenters. The van der Waals surface area contributed by atoms with Gasteiger partial charge in [-0.25, -0.2) is 4.79 Å². The Balaban J connectivity index is 2.13. The van der Waals surface area contributed by atoms with Gasteiger partial charge in [-0.15, -0.1) is 0 Å². The van der Waals surface area contributed by atoms with Gasteiger partial charge in [0.15, 0.2) is 0 Å². The van der Waals surface area contributed by atoms with Crippen molar-refractivity contribution < 1.29 is 14.6 Å². The minimum absolute atomic E-state index is 0.0539. The van der Waals surface area contributed by atoms with Crippen molar-refractivity contribution in [1.29, 1.82) is 0 Å². The first kappa shape index (κ1) is 15.0. The molecule has 1 aliphatic rings. The van der Waals surface area contributed by atoms with E-state index in [0.717, 1.165) is 37.7 Å². The molecule has 4 nitrogen and oxygen atoms in total. The summed E-state index contributed by atoms with van der Waals surface area (Å²) in [5.74, 6) is -0.312. The highest BCUT2D eigenvalue weighted by molar-refractivity contribution is 5.77. The molecule has 0 amide bonds. The van der Waals surface area contributed by atoms with E-state index in [-0.39, 0.29) is 12.0 Å². The smallest absolute Gasteiger partial charge is 0.327 e. The summed E-state index contributed by atoms with van der Waals surface area (Å²) in [5.41, 5.74) is 0.871. The number of ether oxygens (including phenoxy) is 1. The molecule has 0 heterocycles. The second kappa shape index (κ2) is 7.41. The third kappa shape index (κ3) is 3.81. The molecule has 0 aromatic heterocycles. The summed E-state index contributed by atoms with van der Waals surface area (Å²) in [7, 11) is 1.39. The van der Waals surface area contributed by atoms with E-state index in [1.54, 1.807) is 0 Å². The van der Waals surface area contributed by atoms with Gasteiger partial charge in [-0.05, 0) is 18.4 Å². The molecule has 0 radical (unpaired) electrons. The van der Waals surface area contributed by atoms with E-state index in [4.69, 9.17) is 4.74 Å². The predicted molar refractivity (Wildman–Crippen MR) is 77.2 cm³/mol. The lowest BCUT2D eigenvalue weighted by atomic mass is 10.0. The van der Waals surface area contributed by atoms with Crippen molar-refractivity contribution in [2.24, 2.45) is 0 Å². The van der Waals surface area contributed by atoms with E-state index in [0.29, 0.717) is 0 Å². The molecule has 20 heavy (non-hydrogen) atoms. The van der Waals surface area contributed by atoms with Crippen LogP contribution in [0.3, 0.4) is 0 Å². The number of carbonyl (C=O) groups excluding carboxylic acids is 1. The fraction of sp³-hybridized carbons (Fsp3) is 0.562. The minimum atomic E-state index is -0.515. The third-order valence-electron chi connectivity index (χ3n) is 3.93. The summed E-state index contributed by atoms with van der Waals surface area (Å²) in [6.45, 7) is 0. The SMILES string of the molecule is COC(=O)C(NC1CCCCCC1O)c1ccccc1. The Morgan fingerprint density at radius 3 is 2.65 bits per heavy atom. The van der Waals surface area contributed by atoms with Gasteiger partial charge in [0.1, 0.15) is 6.04 Å². The fourth-order valence-corrected chi connectivity index (χ4v) is 2.76. The molecule has 2 N–H and O–H groups in total. The number of esters is 1. The van der Waals surface area contributed by atoms with Gasteiger partial charge in [-0.2, -0.15) is 0 Å². The number of benzene rings is 1. The van der Waals surface area contributed by atoms with Crippen molar-refractivity contribution in [1.82, 2.24) is 5.32 Å². The molecule has 0 bridgehead atoms. The molecule has 1 fully saturated rings. The van der Waals surface area contributed by atoms with E-state index in [9.17, 15) is 9.90 Å². The van der Waals surface area contributed by atoms with E-state index in [1.807, 2.05) is 30.3 Å². The number of aliphatic hydroxyl groups excluding tert-OH is 1. The van der Waals surface area contributed by atoms with Crippen LogP contribution in [0, 0.1) is 0 Å². The van der Waals surface area contributed by atoms with E-state index < -0.39 is 12.1 Å². The summed E-state index contributed by atoms with van der Waals surface area (Å²) in [6, 6.07) is 8.95. The number of rotatable bonds is 4. The summed E-state index contributed by atoms with van der Waals surface area (Å²) < 4.78 is 4.89. The molecule has 2 rings (SSSR count). The van der Waals surface area contributed by atoms with E-state index in [2.05, 4.69) is 5.32 Å². The molecule has 1 aromatic carbocycles. The summed E-state index contributed by atoms with van der Waals surface area (Å²) in [4.78, 5) is 12.0. The molecule has 4 heteroatoms. The Hall–Kier alpha value is -1.39. The van der Waals surface area contributed by atoms with Crippen LogP contribution in [-0.2, 0) is 9.53 Å². The number of nitrogens with one attached hydrogen (secondary N) is 1. The summed E-state index contributed by atoms with van der Waals surface area (Å²) in [6.07, 6.45) is 4.56. The molecule has 1 aromatic rings. The Bertz CT molecular complexity index is 421. The Labute approximate surface area is 120 Å². The maximum atomic E-state index is 12.0. The predicted octanol–water partition coefficient (Wildman–Crippen LogP) is 2.18. The number of hydrogen-bond donors (Lipinski definition) is 2. The highest BCUT2D eigenvalue weighted by atomic mass is 16.5. The van der Waals surface area contributed by atoms with Crippen molar-refractivity contribution >= 4 is 5.97 Å². The molecule has 3 unspecified atom stereocenters. The normalized spacial score (nSPS) is 24.7. The average Bonchev–Trinajstić information content (AvgIpc) is 2.69. The first-order valence-electron chi connectivity index (χ1n) is 7.29. The first-order chi connectivity index (χ1) is 9.72. The Morgan fingerprint density at radius 2 is 1.95 bits per heavy atom. The van der Waals surface area contributed by atoms with Crippen LogP contribution in [-0.4, -0.2) is 30.3 Å². The van der Waals surface area contributed by atoms with E-state index in [1.165, 1.54) is 7.11 Å². The molecule has 0 saturated heterocycles. The monoisotopic (exact) mass is 277 g/mol. The van der Waals surface area contributed by atoms with Crippen LogP contribution in [0.1, 0.15) is 43.7 Å². The van der Waals surface area contributed by atoms with Crippen LogP contribution < -0.4 is 5.32 Å². The number of carbonyl (C=O) groups is 1. The third-order valence-corrected chi connectivity index (χ3v) is 3.93. The van der Waals surface area contributed by atoms with Crippen LogP contribution in [0.4, 0.5) is 0 Å². The van der Waals surface area contributed by atoms with Gasteiger partial charge >= 0.3 is 5.97 Å². The zero-order chi connectivity index (χ0) is 14.4. The fourth-order valence-electron chi connectivity index (χ4n) is 2.76. The molecule has 1 aliphatic carbocycles. The van der Waals surface area contributed by atoms with Gasteiger partial charge in [0, 0.05) is 6.04 Å². The Morgan fingerprint density at radius 1 is 1.25 bits per heavy atom. The lowest BCUT2D eigenvalue weighted by Gasteiger charge is -2.27. The zero-order valence-electron chi connectivity index (χ0n) is 11.9. The highest BCUT2D eigenvalue weighted by Gasteiger charge is 2.28. The van der Waals surface area contributed by atoms with Gasteiger partial charge in [-0.1, -0.05) is 49.6 Å². The first-order valence-corrected chi connectivity index (χ1v) is 7.29. The van der Waals surface area contributed by atoms with Gasteiger partial charge in [0.25, 0.3) is 0 Å². The molecular formula is C16H23NO3. The van der Waals surface area contributed by atoms with Gasteiger partial charge < -0.3 is 9.84 Å². The second-order valence-corrected chi connectivity index (χ2v) is 5.35. The van der Waals surface area contributed by atoms with E-state index >= 15 is 0 Å². The van der Waals surface area contributed by atoms with Crippen LogP contribution in [0.2, 0.25) is 0 Å². The Kier molecular flexibility index (Phi) is 5.56. The van der Waals surface area contributed by atoms with Crippen LogP contribution >= 0.6 is 0 Å². The highest BCUT2D eigenvalue weighted by Crippen LogP contribution is 2.22. The van der Waals surface area contributed by atoms with Crippen molar-refractivity contribution in [3.8, 4) is 0 Å². The molecule has 1 saturated carbocycles. The van der Waals surface area contributed by atoms with Crippen molar-refractivity contribution in [2.75, 3.05) is 7.11 Å². The van der Waals surface area contributed by atoms with Crippen LogP contribution in [0.15, 0.2) is 30.3 Å². The topological polar surface area (TPSA) is 58.6 Å².